The Bertz CT molecular complexity index is 618. The van der Waals surface area contributed by atoms with Crippen LogP contribution in [-0.2, 0) is 0 Å². The summed E-state index contributed by atoms with van der Waals surface area (Å²) in [6.45, 7) is 0. The van der Waals surface area contributed by atoms with Crippen molar-refractivity contribution in [2.45, 2.75) is 0 Å². The lowest BCUT2D eigenvalue weighted by molar-refractivity contribution is 0.475. The van der Waals surface area contributed by atoms with Crippen LogP contribution in [0.25, 0.3) is 11.4 Å². The minimum atomic E-state index is -0.699. The van der Waals surface area contributed by atoms with Crippen molar-refractivity contribution in [2.75, 3.05) is 5.73 Å². The number of rotatable bonds is 2. The summed E-state index contributed by atoms with van der Waals surface area (Å²) in [5, 5.41) is 11.6. The number of aromatic nitrogens is 2. The Morgan fingerprint density at radius 2 is 1.94 bits per heavy atom. The van der Waals surface area contributed by atoms with Gasteiger partial charge in [0.2, 0.25) is 5.69 Å². The van der Waals surface area contributed by atoms with Gasteiger partial charge in [-0.25, -0.2) is 4.98 Å². The van der Waals surface area contributed by atoms with E-state index in [0.29, 0.717) is 5.56 Å². The van der Waals surface area contributed by atoms with Gasteiger partial charge in [0.1, 0.15) is 11.6 Å². The molecule has 0 bridgehead atoms. The number of hydrogen-bond acceptors (Lipinski definition) is 6. The van der Waals surface area contributed by atoms with Crippen LogP contribution in [0.1, 0.15) is 0 Å². The molecule has 1 aromatic heterocycles. The van der Waals surface area contributed by atoms with E-state index in [1.165, 1.54) is 12.1 Å². The maximum atomic E-state index is 11.4. The fourth-order valence-corrected chi connectivity index (χ4v) is 1.33. The molecule has 0 atom stereocenters. The highest BCUT2D eigenvalue weighted by Gasteiger charge is 2.10. The molecule has 0 aliphatic heterocycles. The summed E-state index contributed by atoms with van der Waals surface area (Å²) in [5.74, 6) is 0.0713. The number of benzene rings is 1. The molecule has 1 aromatic carbocycles. The number of nitrogens with one attached hydrogen (secondary N) is 1. The van der Waals surface area contributed by atoms with E-state index in [9.17, 15) is 9.70 Å². The fraction of sp³-hybridized carbons (Fsp3) is 0. The maximum absolute atomic E-state index is 11.4. The summed E-state index contributed by atoms with van der Waals surface area (Å²) in [4.78, 5) is 28.0. The van der Waals surface area contributed by atoms with Crippen molar-refractivity contribution >= 4 is 11.5 Å². The van der Waals surface area contributed by atoms with Crippen molar-refractivity contribution in [3.05, 3.63) is 39.5 Å². The van der Waals surface area contributed by atoms with Gasteiger partial charge in [-0.05, 0) is 29.4 Å². The largest absolute Gasteiger partial charge is 0.508 e. The first-order valence-corrected chi connectivity index (χ1v) is 4.64. The molecule has 0 aliphatic rings. The number of nitrogen functional groups attached to an aromatic ring is 1. The Hall–Kier alpha value is -2.70. The molecule has 0 saturated carbocycles. The highest BCUT2D eigenvalue weighted by Crippen LogP contribution is 2.20. The predicted molar refractivity (Wildman–Crippen MR) is 61.8 cm³/mol. The third-order valence-corrected chi connectivity index (χ3v) is 2.15. The third-order valence-electron chi connectivity index (χ3n) is 2.15. The second-order valence-corrected chi connectivity index (χ2v) is 3.29. The number of nitroso groups, excluding NO2 is 1. The highest BCUT2D eigenvalue weighted by atomic mass is 16.3. The molecule has 2 aromatic rings. The number of nitrogens with two attached hydrogens (primary N) is 1. The van der Waals surface area contributed by atoms with Gasteiger partial charge >= 0.3 is 0 Å². The number of phenolic OH excluding ortho intramolecular Hbond substituents is 1. The van der Waals surface area contributed by atoms with Crippen LogP contribution in [0.4, 0.5) is 11.5 Å². The quantitative estimate of drug-likeness (QED) is 0.670. The molecule has 0 unspecified atom stereocenters. The molecule has 7 heteroatoms. The van der Waals surface area contributed by atoms with E-state index in [2.05, 4.69) is 15.1 Å². The molecule has 0 fully saturated rings. The SMILES string of the molecule is Nc1nc(-c2ccc(O)cc2)[nH]c(=O)c1N=O. The molecular formula is C10H8N4O3. The smallest absolute Gasteiger partial charge is 0.282 e. The normalized spacial score (nSPS) is 10.1. The predicted octanol–water partition coefficient (Wildman–Crippen LogP) is 1.12. The molecule has 0 spiro atoms. The Kier molecular flexibility index (Phi) is 2.57. The first kappa shape index (κ1) is 10.8. The van der Waals surface area contributed by atoms with Gasteiger partial charge in [0, 0.05) is 5.56 Å². The first-order chi connectivity index (χ1) is 8.11. The topological polar surface area (TPSA) is 121 Å². The molecule has 0 aliphatic carbocycles. The summed E-state index contributed by atoms with van der Waals surface area (Å²) in [7, 11) is 0. The first-order valence-electron chi connectivity index (χ1n) is 4.64. The molecule has 2 rings (SSSR count). The van der Waals surface area contributed by atoms with Crippen LogP contribution < -0.4 is 11.3 Å². The van der Waals surface area contributed by atoms with Gasteiger partial charge in [-0.15, -0.1) is 4.91 Å². The number of aromatic hydroxyl groups is 1. The van der Waals surface area contributed by atoms with Crippen molar-refractivity contribution in [3.8, 4) is 17.1 Å². The van der Waals surface area contributed by atoms with Gasteiger partial charge in [0.25, 0.3) is 5.56 Å². The van der Waals surface area contributed by atoms with E-state index in [4.69, 9.17) is 10.8 Å². The van der Waals surface area contributed by atoms with Crippen LogP contribution in [0, 0.1) is 4.91 Å². The van der Waals surface area contributed by atoms with Crippen LogP contribution in [0.15, 0.2) is 34.2 Å². The molecular weight excluding hydrogens is 224 g/mol. The van der Waals surface area contributed by atoms with Crippen molar-refractivity contribution in [3.63, 3.8) is 0 Å². The van der Waals surface area contributed by atoms with E-state index < -0.39 is 11.2 Å². The van der Waals surface area contributed by atoms with Crippen LogP contribution in [0.5, 0.6) is 5.75 Å². The van der Waals surface area contributed by atoms with Crippen molar-refractivity contribution in [1.82, 2.24) is 9.97 Å². The molecule has 0 radical (unpaired) electrons. The number of hydrogen-bond donors (Lipinski definition) is 3. The number of nitrogens with zero attached hydrogens (tertiary/aromatic N) is 2. The van der Waals surface area contributed by atoms with Gasteiger partial charge in [-0.2, -0.15) is 0 Å². The summed E-state index contributed by atoms with van der Waals surface area (Å²) < 4.78 is 0. The van der Waals surface area contributed by atoms with Gasteiger partial charge < -0.3 is 15.8 Å². The van der Waals surface area contributed by atoms with E-state index in [1.807, 2.05) is 0 Å². The maximum Gasteiger partial charge on any atom is 0.282 e. The average molecular weight is 232 g/mol. The lowest BCUT2D eigenvalue weighted by Gasteiger charge is -2.02. The summed E-state index contributed by atoms with van der Waals surface area (Å²) >= 11 is 0. The summed E-state index contributed by atoms with van der Waals surface area (Å²) in [6, 6.07) is 6.00. The second-order valence-electron chi connectivity index (χ2n) is 3.29. The minimum absolute atomic E-state index is 0.0928. The third kappa shape index (κ3) is 1.98. The Morgan fingerprint density at radius 3 is 2.47 bits per heavy atom. The number of H-pyrrole nitrogens is 1. The van der Waals surface area contributed by atoms with Crippen molar-refractivity contribution in [1.29, 1.82) is 0 Å². The highest BCUT2D eigenvalue weighted by molar-refractivity contribution is 5.63. The minimum Gasteiger partial charge on any atom is -0.508 e. The Balaban J connectivity index is 2.58. The molecule has 4 N–H and O–H groups in total. The van der Waals surface area contributed by atoms with Crippen molar-refractivity contribution < 1.29 is 5.11 Å². The van der Waals surface area contributed by atoms with Crippen molar-refractivity contribution in [2.24, 2.45) is 5.18 Å². The van der Waals surface area contributed by atoms with Crippen LogP contribution in [0.2, 0.25) is 0 Å². The van der Waals surface area contributed by atoms with Gasteiger partial charge in [0.15, 0.2) is 5.82 Å². The Labute approximate surface area is 94.9 Å². The number of aromatic amines is 1. The standard InChI is InChI=1S/C10H8N4O3/c11-8-7(14-17)10(16)13-9(12-8)5-1-3-6(15)4-2-5/h1-4,15H,(H3,11,12,13,16). The van der Waals surface area contributed by atoms with Gasteiger partial charge in [-0.1, -0.05) is 0 Å². The zero-order valence-corrected chi connectivity index (χ0v) is 8.54. The van der Waals surface area contributed by atoms with E-state index in [1.54, 1.807) is 12.1 Å². The van der Waals surface area contributed by atoms with E-state index >= 15 is 0 Å². The van der Waals surface area contributed by atoms with E-state index in [-0.39, 0.29) is 17.4 Å². The zero-order valence-electron chi connectivity index (χ0n) is 8.54. The fourth-order valence-electron chi connectivity index (χ4n) is 1.33. The van der Waals surface area contributed by atoms with Crippen LogP contribution in [-0.4, -0.2) is 15.1 Å². The van der Waals surface area contributed by atoms with Gasteiger partial charge in [-0.3, -0.25) is 4.79 Å². The molecule has 17 heavy (non-hydrogen) atoms. The lowest BCUT2D eigenvalue weighted by Crippen LogP contribution is -2.11. The Morgan fingerprint density at radius 1 is 1.29 bits per heavy atom. The van der Waals surface area contributed by atoms with Crippen LogP contribution >= 0.6 is 0 Å². The summed E-state index contributed by atoms with van der Waals surface area (Å²) in [5.41, 5.74) is 4.85. The van der Waals surface area contributed by atoms with Gasteiger partial charge in [0.05, 0.1) is 0 Å². The molecule has 0 saturated heterocycles. The molecule has 86 valence electrons. The number of phenols is 1. The molecule has 7 nitrogen and oxygen atoms in total. The molecule has 1 heterocycles. The second kappa shape index (κ2) is 4.05. The summed E-state index contributed by atoms with van der Waals surface area (Å²) in [6.07, 6.45) is 0. The lowest BCUT2D eigenvalue weighted by atomic mass is 10.2. The zero-order chi connectivity index (χ0) is 12.4. The monoisotopic (exact) mass is 232 g/mol. The average Bonchev–Trinajstić information content (AvgIpc) is 2.29. The van der Waals surface area contributed by atoms with E-state index in [0.717, 1.165) is 0 Å². The van der Waals surface area contributed by atoms with Crippen LogP contribution in [0.3, 0.4) is 0 Å². The molecule has 0 amide bonds. The number of anilines is 1.